The summed E-state index contributed by atoms with van der Waals surface area (Å²) in [5, 5.41) is 0. The van der Waals surface area contributed by atoms with Crippen LogP contribution < -0.4 is 5.73 Å². The number of allylic oxidation sites excluding steroid dienone is 2. The van der Waals surface area contributed by atoms with Crippen molar-refractivity contribution in [2.45, 2.75) is 45.1 Å². The van der Waals surface area contributed by atoms with E-state index in [2.05, 4.69) is 19.1 Å². The Balaban J connectivity index is 1.94. The van der Waals surface area contributed by atoms with E-state index in [1.165, 1.54) is 6.42 Å². The molecule has 1 fully saturated rings. The standard InChI is InChI=1S/C14H24N2O/c1-11-5-4-8-16(13(11)10-15)14(17)9-12-6-2-3-7-12/h2,6,11-13H,3-5,7-10,15H2,1H3. The third-order valence-electron chi connectivity index (χ3n) is 4.23. The molecule has 3 heteroatoms. The molecule has 0 radical (unpaired) electrons. The molecule has 0 aromatic carbocycles. The van der Waals surface area contributed by atoms with Crippen LogP contribution in [0.15, 0.2) is 12.2 Å². The van der Waals surface area contributed by atoms with Gasteiger partial charge in [0.1, 0.15) is 0 Å². The molecule has 2 aliphatic rings. The molecule has 17 heavy (non-hydrogen) atoms. The molecule has 0 bridgehead atoms. The maximum absolute atomic E-state index is 12.3. The van der Waals surface area contributed by atoms with E-state index in [0.29, 0.717) is 30.7 Å². The number of piperidine rings is 1. The van der Waals surface area contributed by atoms with Gasteiger partial charge in [0.25, 0.3) is 0 Å². The fourth-order valence-electron chi connectivity index (χ4n) is 3.13. The summed E-state index contributed by atoms with van der Waals surface area (Å²) < 4.78 is 0. The molecule has 3 unspecified atom stereocenters. The molecule has 96 valence electrons. The van der Waals surface area contributed by atoms with E-state index >= 15 is 0 Å². The molecule has 3 nitrogen and oxygen atoms in total. The number of hydrogen-bond donors (Lipinski definition) is 1. The Morgan fingerprint density at radius 1 is 1.47 bits per heavy atom. The monoisotopic (exact) mass is 236 g/mol. The highest BCUT2D eigenvalue weighted by Gasteiger charge is 2.31. The Morgan fingerprint density at radius 2 is 2.29 bits per heavy atom. The molecule has 1 amide bonds. The number of carbonyl (C=O) groups excluding carboxylic acids is 1. The van der Waals surface area contributed by atoms with Crippen molar-refractivity contribution in [3.63, 3.8) is 0 Å². The molecular formula is C14H24N2O. The zero-order valence-corrected chi connectivity index (χ0v) is 10.8. The number of rotatable bonds is 3. The lowest BCUT2D eigenvalue weighted by atomic mass is 9.90. The lowest BCUT2D eigenvalue weighted by Gasteiger charge is -2.40. The summed E-state index contributed by atoms with van der Waals surface area (Å²) in [5.74, 6) is 1.33. The van der Waals surface area contributed by atoms with Gasteiger partial charge in [-0.2, -0.15) is 0 Å². The van der Waals surface area contributed by atoms with Crippen LogP contribution in [-0.4, -0.2) is 29.9 Å². The first-order valence-corrected chi connectivity index (χ1v) is 6.88. The second-order valence-electron chi connectivity index (χ2n) is 5.48. The zero-order chi connectivity index (χ0) is 12.3. The van der Waals surface area contributed by atoms with Crippen LogP contribution in [-0.2, 0) is 4.79 Å². The number of nitrogens with two attached hydrogens (primary N) is 1. The molecule has 1 heterocycles. The zero-order valence-electron chi connectivity index (χ0n) is 10.8. The van der Waals surface area contributed by atoms with Gasteiger partial charge in [-0.25, -0.2) is 0 Å². The van der Waals surface area contributed by atoms with Gasteiger partial charge in [0.05, 0.1) is 0 Å². The molecule has 0 spiro atoms. The largest absolute Gasteiger partial charge is 0.338 e. The van der Waals surface area contributed by atoms with E-state index in [-0.39, 0.29) is 6.04 Å². The number of nitrogens with zero attached hydrogens (tertiary/aromatic N) is 1. The molecule has 1 aliphatic heterocycles. The van der Waals surface area contributed by atoms with Crippen LogP contribution in [0.5, 0.6) is 0 Å². The summed E-state index contributed by atoms with van der Waals surface area (Å²) in [5.41, 5.74) is 5.82. The topological polar surface area (TPSA) is 46.3 Å². The maximum atomic E-state index is 12.3. The molecule has 3 atom stereocenters. The molecule has 2 rings (SSSR count). The minimum absolute atomic E-state index is 0.265. The van der Waals surface area contributed by atoms with Crippen LogP contribution in [0.1, 0.15) is 39.0 Å². The quantitative estimate of drug-likeness (QED) is 0.761. The summed E-state index contributed by atoms with van der Waals surface area (Å²) in [7, 11) is 0. The van der Waals surface area contributed by atoms with Crippen molar-refractivity contribution in [2.24, 2.45) is 17.6 Å². The minimum Gasteiger partial charge on any atom is -0.338 e. The predicted molar refractivity (Wildman–Crippen MR) is 69.4 cm³/mol. The van der Waals surface area contributed by atoms with Gasteiger partial charge in [0, 0.05) is 25.6 Å². The summed E-state index contributed by atoms with van der Waals surface area (Å²) in [6.07, 6.45) is 9.68. The van der Waals surface area contributed by atoms with Crippen LogP contribution in [0.3, 0.4) is 0 Å². The smallest absolute Gasteiger partial charge is 0.223 e. The summed E-state index contributed by atoms with van der Waals surface area (Å²) >= 11 is 0. The van der Waals surface area contributed by atoms with Crippen molar-refractivity contribution >= 4 is 5.91 Å². The van der Waals surface area contributed by atoms with Crippen LogP contribution >= 0.6 is 0 Å². The Labute approximate surface area is 104 Å². The number of likely N-dealkylation sites (tertiary alicyclic amines) is 1. The summed E-state index contributed by atoms with van der Waals surface area (Å²) in [4.78, 5) is 14.3. The van der Waals surface area contributed by atoms with E-state index in [4.69, 9.17) is 5.73 Å². The SMILES string of the molecule is CC1CCCN(C(=O)CC2C=CCC2)C1CN. The van der Waals surface area contributed by atoms with Crippen molar-refractivity contribution < 1.29 is 4.79 Å². The molecule has 0 saturated carbocycles. The molecular weight excluding hydrogens is 212 g/mol. The first kappa shape index (κ1) is 12.6. The van der Waals surface area contributed by atoms with E-state index in [0.717, 1.165) is 25.8 Å². The lowest BCUT2D eigenvalue weighted by molar-refractivity contribution is -0.136. The van der Waals surface area contributed by atoms with Crippen LogP contribution in [0, 0.1) is 11.8 Å². The van der Waals surface area contributed by atoms with Gasteiger partial charge in [-0.15, -0.1) is 0 Å². The highest BCUT2D eigenvalue weighted by atomic mass is 16.2. The molecule has 1 saturated heterocycles. The van der Waals surface area contributed by atoms with Gasteiger partial charge in [0.15, 0.2) is 0 Å². The first-order valence-electron chi connectivity index (χ1n) is 6.88. The van der Waals surface area contributed by atoms with E-state index in [1.807, 2.05) is 4.90 Å². The second kappa shape index (κ2) is 5.67. The average molecular weight is 236 g/mol. The van der Waals surface area contributed by atoms with E-state index in [9.17, 15) is 4.79 Å². The summed E-state index contributed by atoms with van der Waals surface area (Å²) in [6, 6.07) is 0.265. The Bertz CT molecular complexity index is 301. The highest BCUT2D eigenvalue weighted by Crippen LogP contribution is 2.26. The van der Waals surface area contributed by atoms with Crippen LogP contribution in [0.25, 0.3) is 0 Å². The van der Waals surface area contributed by atoms with Gasteiger partial charge in [-0.05, 0) is 37.5 Å². The fourth-order valence-corrected chi connectivity index (χ4v) is 3.13. The van der Waals surface area contributed by atoms with E-state index in [1.54, 1.807) is 0 Å². The second-order valence-corrected chi connectivity index (χ2v) is 5.48. The summed E-state index contributed by atoms with van der Waals surface area (Å²) in [6.45, 7) is 3.72. The molecule has 0 aromatic heterocycles. The fraction of sp³-hybridized carbons (Fsp3) is 0.786. The molecule has 1 aliphatic carbocycles. The Hall–Kier alpha value is -0.830. The Morgan fingerprint density at radius 3 is 2.94 bits per heavy atom. The van der Waals surface area contributed by atoms with Gasteiger partial charge in [0.2, 0.25) is 5.91 Å². The third-order valence-corrected chi connectivity index (χ3v) is 4.23. The minimum atomic E-state index is 0.265. The van der Waals surface area contributed by atoms with Crippen LogP contribution in [0.4, 0.5) is 0 Å². The van der Waals surface area contributed by atoms with Crippen molar-refractivity contribution in [1.82, 2.24) is 4.90 Å². The van der Waals surface area contributed by atoms with Gasteiger partial charge in [-0.3, -0.25) is 4.79 Å². The number of carbonyl (C=O) groups is 1. The molecule has 0 aromatic rings. The van der Waals surface area contributed by atoms with Gasteiger partial charge < -0.3 is 10.6 Å². The van der Waals surface area contributed by atoms with Crippen molar-refractivity contribution in [3.05, 3.63) is 12.2 Å². The maximum Gasteiger partial charge on any atom is 0.223 e. The average Bonchev–Trinajstić information content (AvgIpc) is 2.81. The molecule has 2 N–H and O–H groups in total. The van der Waals surface area contributed by atoms with E-state index < -0.39 is 0 Å². The van der Waals surface area contributed by atoms with Crippen molar-refractivity contribution in [3.8, 4) is 0 Å². The lowest BCUT2D eigenvalue weighted by Crippen LogP contribution is -2.51. The van der Waals surface area contributed by atoms with Crippen molar-refractivity contribution in [2.75, 3.05) is 13.1 Å². The Kier molecular flexibility index (Phi) is 4.21. The highest BCUT2D eigenvalue weighted by molar-refractivity contribution is 5.77. The predicted octanol–water partition coefficient (Wildman–Crippen LogP) is 1.93. The van der Waals surface area contributed by atoms with Gasteiger partial charge in [-0.1, -0.05) is 19.1 Å². The normalized spacial score (nSPS) is 33.1. The number of amides is 1. The van der Waals surface area contributed by atoms with Gasteiger partial charge >= 0.3 is 0 Å². The number of hydrogen-bond acceptors (Lipinski definition) is 2. The van der Waals surface area contributed by atoms with Crippen molar-refractivity contribution in [1.29, 1.82) is 0 Å². The van der Waals surface area contributed by atoms with Crippen LogP contribution in [0.2, 0.25) is 0 Å². The third kappa shape index (κ3) is 2.89. The first-order chi connectivity index (χ1) is 8.22.